The molecule has 1 aliphatic heterocycles. The summed E-state index contributed by atoms with van der Waals surface area (Å²) in [5.41, 5.74) is 0. The number of likely N-dealkylation sites (tertiary alicyclic amines) is 1. The summed E-state index contributed by atoms with van der Waals surface area (Å²) in [4.78, 5) is 28.1. The number of rotatable bonds is 10. The zero-order valence-electron chi connectivity index (χ0n) is 16.0. The number of unbranched alkanes of at least 4 members (excludes halogenated alkanes) is 1. The summed E-state index contributed by atoms with van der Waals surface area (Å²) in [5.74, 6) is 0.658. The smallest absolute Gasteiger partial charge is 0.407 e. The number of hydrogen-bond acceptors (Lipinski definition) is 5. The maximum atomic E-state index is 12.4. The molecule has 2 amide bonds. The molecule has 0 aromatic rings. The van der Waals surface area contributed by atoms with E-state index < -0.39 is 12.1 Å². The molecule has 7 nitrogen and oxygen atoms in total. The van der Waals surface area contributed by atoms with Crippen LogP contribution in [0.15, 0.2) is 0 Å². The highest BCUT2D eigenvalue weighted by Gasteiger charge is 2.25. The van der Waals surface area contributed by atoms with E-state index in [1.807, 2.05) is 11.8 Å². The Kier molecular flexibility index (Phi) is 10.5. The number of nitrogens with one attached hydrogen (secondary N) is 1. The van der Waals surface area contributed by atoms with E-state index in [1.54, 1.807) is 0 Å². The number of nitrogens with zero attached hydrogens (tertiary/aromatic N) is 2. The summed E-state index contributed by atoms with van der Waals surface area (Å²) < 4.78 is 5.01. The van der Waals surface area contributed by atoms with Crippen LogP contribution in [0.3, 0.4) is 0 Å². The fourth-order valence-electron chi connectivity index (χ4n) is 2.93. The van der Waals surface area contributed by atoms with Crippen molar-refractivity contribution in [2.24, 2.45) is 5.92 Å². The van der Waals surface area contributed by atoms with Crippen LogP contribution < -0.4 is 5.32 Å². The third kappa shape index (κ3) is 9.07. The quantitative estimate of drug-likeness (QED) is 0.579. The summed E-state index contributed by atoms with van der Waals surface area (Å²) in [6.45, 7) is 4.70. The van der Waals surface area contributed by atoms with Gasteiger partial charge in [-0.3, -0.25) is 4.79 Å². The monoisotopic (exact) mass is 357 g/mol. The predicted octanol–water partition coefficient (Wildman–Crippen LogP) is 1.45. The zero-order chi connectivity index (χ0) is 18.7. The molecular weight excluding hydrogens is 322 g/mol. The summed E-state index contributed by atoms with van der Waals surface area (Å²) in [6, 6.07) is -0.590. The number of ether oxygens (including phenoxy) is 1. The minimum Gasteiger partial charge on any atom is -0.450 e. The normalized spacial score (nSPS) is 16.8. The number of amides is 2. The second-order valence-electron chi connectivity index (χ2n) is 7.13. The van der Waals surface area contributed by atoms with Gasteiger partial charge in [0, 0.05) is 19.5 Å². The number of hydrogen-bond donors (Lipinski definition) is 2. The van der Waals surface area contributed by atoms with Crippen molar-refractivity contribution >= 4 is 12.0 Å². The van der Waals surface area contributed by atoms with E-state index in [2.05, 4.69) is 24.3 Å². The molecule has 1 rings (SSSR count). The first kappa shape index (κ1) is 21.7. The first-order valence-corrected chi connectivity index (χ1v) is 9.42. The van der Waals surface area contributed by atoms with Gasteiger partial charge in [-0.25, -0.2) is 4.79 Å². The lowest BCUT2D eigenvalue weighted by molar-refractivity contribution is -0.133. The van der Waals surface area contributed by atoms with Crippen molar-refractivity contribution in [1.82, 2.24) is 15.1 Å². The SMILES string of the molecule is CCCCOC(=O)N[C@@H](CO)CC(=O)N1CCC(CCN(C)C)CC1. The maximum absolute atomic E-state index is 12.4. The van der Waals surface area contributed by atoms with Crippen molar-refractivity contribution in [3.63, 3.8) is 0 Å². The molecular formula is C18H35N3O4. The average Bonchev–Trinajstić information content (AvgIpc) is 2.59. The first-order valence-electron chi connectivity index (χ1n) is 9.42. The molecule has 1 atom stereocenters. The molecule has 0 bridgehead atoms. The van der Waals surface area contributed by atoms with Crippen molar-refractivity contribution in [3.05, 3.63) is 0 Å². The highest BCUT2D eigenvalue weighted by Crippen LogP contribution is 2.21. The van der Waals surface area contributed by atoms with Gasteiger partial charge in [0.05, 0.1) is 19.3 Å². The van der Waals surface area contributed by atoms with E-state index in [0.29, 0.717) is 12.5 Å². The minimum absolute atomic E-state index is 0.0148. The summed E-state index contributed by atoms with van der Waals surface area (Å²) in [5, 5.41) is 12.0. The van der Waals surface area contributed by atoms with Crippen LogP contribution in [0, 0.1) is 5.92 Å². The lowest BCUT2D eigenvalue weighted by Crippen LogP contribution is -2.45. The standard InChI is InChI=1S/C18H35N3O4/c1-4-5-12-25-18(24)19-16(14-22)13-17(23)21-10-7-15(8-11-21)6-9-20(2)3/h15-16,22H,4-14H2,1-3H3,(H,19,24)/t16-/m1/s1. The van der Waals surface area contributed by atoms with Gasteiger partial charge >= 0.3 is 6.09 Å². The summed E-state index contributed by atoms with van der Waals surface area (Å²) >= 11 is 0. The van der Waals surface area contributed by atoms with Gasteiger partial charge in [-0.2, -0.15) is 0 Å². The van der Waals surface area contributed by atoms with Gasteiger partial charge < -0.3 is 25.0 Å². The molecule has 0 spiro atoms. The molecule has 0 aromatic carbocycles. The Bertz CT molecular complexity index is 396. The fourth-order valence-corrected chi connectivity index (χ4v) is 2.93. The highest BCUT2D eigenvalue weighted by molar-refractivity contribution is 5.78. The Morgan fingerprint density at radius 3 is 2.56 bits per heavy atom. The van der Waals surface area contributed by atoms with Crippen LogP contribution in [-0.4, -0.2) is 79.9 Å². The van der Waals surface area contributed by atoms with Gasteiger partial charge in [-0.05, 0) is 52.2 Å². The molecule has 1 aliphatic rings. The van der Waals surface area contributed by atoms with Crippen molar-refractivity contribution in [1.29, 1.82) is 0 Å². The Balaban J connectivity index is 2.30. The van der Waals surface area contributed by atoms with Gasteiger partial charge in [-0.15, -0.1) is 0 Å². The molecule has 25 heavy (non-hydrogen) atoms. The van der Waals surface area contributed by atoms with Crippen molar-refractivity contribution in [3.8, 4) is 0 Å². The van der Waals surface area contributed by atoms with Gasteiger partial charge in [0.2, 0.25) is 5.91 Å². The van der Waals surface area contributed by atoms with Crippen LogP contribution in [0.25, 0.3) is 0 Å². The van der Waals surface area contributed by atoms with E-state index >= 15 is 0 Å². The van der Waals surface area contributed by atoms with E-state index in [-0.39, 0.29) is 18.9 Å². The third-order valence-electron chi connectivity index (χ3n) is 4.65. The number of aliphatic hydroxyl groups excluding tert-OH is 1. The van der Waals surface area contributed by atoms with Crippen molar-refractivity contribution in [2.45, 2.75) is 51.5 Å². The van der Waals surface area contributed by atoms with Crippen LogP contribution in [0.1, 0.15) is 45.4 Å². The van der Waals surface area contributed by atoms with Crippen LogP contribution in [-0.2, 0) is 9.53 Å². The second-order valence-corrected chi connectivity index (χ2v) is 7.13. The molecule has 0 aliphatic carbocycles. The Morgan fingerprint density at radius 2 is 2.00 bits per heavy atom. The van der Waals surface area contributed by atoms with Crippen molar-refractivity contribution in [2.75, 3.05) is 46.9 Å². The molecule has 146 valence electrons. The first-order chi connectivity index (χ1) is 12.0. The van der Waals surface area contributed by atoms with Gasteiger partial charge in [-0.1, -0.05) is 13.3 Å². The topological polar surface area (TPSA) is 82.1 Å². The van der Waals surface area contributed by atoms with Gasteiger partial charge in [0.1, 0.15) is 0 Å². The third-order valence-corrected chi connectivity index (χ3v) is 4.65. The number of carbonyl (C=O) groups excluding carboxylic acids is 2. The molecule has 0 radical (unpaired) electrons. The Labute approximate surface area is 151 Å². The molecule has 1 fully saturated rings. The number of alkyl carbamates (subject to hydrolysis) is 1. The zero-order valence-corrected chi connectivity index (χ0v) is 16.0. The molecule has 1 heterocycles. The minimum atomic E-state index is -0.590. The predicted molar refractivity (Wildman–Crippen MR) is 97.4 cm³/mol. The van der Waals surface area contributed by atoms with Gasteiger partial charge in [0.15, 0.2) is 0 Å². The number of carbonyl (C=O) groups is 2. The van der Waals surface area contributed by atoms with Crippen LogP contribution >= 0.6 is 0 Å². The highest BCUT2D eigenvalue weighted by atomic mass is 16.5. The van der Waals surface area contributed by atoms with E-state index in [0.717, 1.165) is 45.3 Å². The lowest BCUT2D eigenvalue weighted by atomic mass is 9.93. The largest absolute Gasteiger partial charge is 0.450 e. The molecule has 2 N–H and O–H groups in total. The molecule has 7 heteroatoms. The number of piperidine rings is 1. The Morgan fingerprint density at radius 1 is 1.32 bits per heavy atom. The van der Waals surface area contributed by atoms with E-state index in [4.69, 9.17) is 4.74 Å². The van der Waals surface area contributed by atoms with Crippen LogP contribution in [0.5, 0.6) is 0 Å². The summed E-state index contributed by atoms with van der Waals surface area (Å²) in [6.07, 6.45) is 4.51. The van der Waals surface area contributed by atoms with E-state index in [9.17, 15) is 14.7 Å². The van der Waals surface area contributed by atoms with Crippen LogP contribution in [0.4, 0.5) is 4.79 Å². The molecule has 0 aromatic heterocycles. The van der Waals surface area contributed by atoms with Gasteiger partial charge in [0.25, 0.3) is 0 Å². The molecule has 1 saturated heterocycles. The number of aliphatic hydroxyl groups is 1. The van der Waals surface area contributed by atoms with Crippen molar-refractivity contribution < 1.29 is 19.4 Å². The summed E-state index contributed by atoms with van der Waals surface area (Å²) in [7, 11) is 4.15. The molecule has 0 unspecified atom stereocenters. The fraction of sp³-hybridized carbons (Fsp3) is 0.889. The molecule has 0 saturated carbocycles. The van der Waals surface area contributed by atoms with Crippen LogP contribution in [0.2, 0.25) is 0 Å². The average molecular weight is 357 g/mol. The lowest BCUT2D eigenvalue weighted by Gasteiger charge is -2.33. The van der Waals surface area contributed by atoms with E-state index in [1.165, 1.54) is 6.42 Å². The Hall–Kier alpha value is -1.34. The maximum Gasteiger partial charge on any atom is 0.407 e. The second kappa shape index (κ2) is 12.1.